The van der Waals surface area contributed by atoms with E-state index in [1.165, 1.54) is 5.56 Å². The third-order valence-corrected chi connectivity index (χ3v) is 2.53. The first-order valence-electron chi connectivity index (χ1n) is 5.64. The van der Waals surface area contributed by atoms with E-state index < -0.39 is 0 Å². The minimum Gasteiger partial charge on any atom is -0.466 e. The molecule has 0 aliphatic carbocycles. The number of rotatable bonds is 5. The number of benzene rings is 1. The van der Waals surface area contributed by atoms with Crippen molar-refractivity contribution in [2.75, 3.05) is 12.3 Å². The second-order valence-electron chi connectivity index (χ2n) is 3.93. The van der Waals surface area contributed by atoms with Crippen LogP contribution >= 0.6 is 0 Å². The number of nitrogens with two attached hydrogens (primary N) is 1. The van der Waals surface area contributed by atoms with E-state index in [0.29, 0.717) is 6.61 Å². The maximum absolute atomic E-state index is 11.4. The summed E-state index contributed by atoms with van der Waals surface area (Å²) >= 11 is 0. The van der Waals surface area contributed by atoms with Crippen molar-refractivity contribution in [3.8, 4) is 0 Å². The third-order valence-electron chi connectivity index (χ3n) is 2.53. The molecule has 0 spiro atoms. The van der Waals surface area contributed by atoms with Gasteiger partial charge in [0.05, 0.1) is 12.5 Å². The number of ether oxygens (including phenoxy) is 1. The minimum atomic E-state index is -0.113. The summed E-state index contributed by atoms with van der Waals surface area (Å²) in [6.07, 6.45) is 1.68. The molecular weight excluding hydrogens is 202 g/mol. The van der Waals surface area contributed by atoms with E-state index in [2.05, 4.69) is 0 Å². The lowest BCUT2D eigenvalue weighted by Gasteiger charge is -2.10. The number of nitrogen functional groups attached to an aromatic ring is 1. The quantitative estimate of drug-likeness (QED) is 0.613. The van der Waals surface area contributed by atoms with Gasteiger partial charge >= 0.3 is 5.97 Å². The fraction of sp³-hybridized carbons (Fsp3) is 0.462. The largest absolute Gasteiger partial charge is 0.466 e. The van der Waals surface area contributed by atoms with Crippen molar-refractivity contribution in [2.45, 2.75) is 26.7 Å². The fourth-order valence-corrected chi connectivity index (χ4v) is 1.47. The Hall–Kier alpha value is -1.51. The Kier molecular flexibility index (Phi) is 4.83. The highest BCUT2D eigenvalue weighted by Gasteiger charge is 2.13. The summed E-state index contributed by atoms with van der Waals surface area (Å²) in [5, 5.41) is 0. The first-order chi connectivity index (χ1) is 7.63. The van der Waals surface area contributed by atoms with E-state index in [1.54, 1.807) is 0 Å². The molecule has 1 unspecified atom stereocenters. The summed E-state index contributed by atoms with van der Waals surface area (Å²) in [7, 11) is 0. The molecule has 2 N–H and O–H groups in total. The van der Waals surface area contributed by atoms with Crippen LogP contribution in [0.25, 0.3) is 0 Å². The maximum Gasteiger partial charge on any atom is 0.308 e. The number of aryl methyl sites for hydroxylation is 1. The summed E-state index contributed by atoms with van der Waals surface area (Å²) in [4.78, 5) is 11.4. The van der Waals surface area contributed by atoms with Gasteiger partial charge in [0.15, 0.2) is 0 Å². The number of esters is 1. The van der Waals surface area contributed by atoms with Crippen LogP contribution in [0.5, 0.6) is 0 Å². The van der Waals surface area contributed by atoms with Crippen LogP contribution in [0.1, 0.15) is 25.8 Å². The van der Waals surface area contributed by atoms with Gasteiger partial charge in [0.2, 0.25) is 0 Å². The molecule has 0 saturated heterocycles. The molecule has 0 aliphatic heterocycles. The Labute approximate surface area is 96.6 Å². The van der Waals surface area contributed by atoms with Gasteiger partial charge in [-0.3, -0.25) is 4.79 Å². The van der Waals surface area contributed by atoms with Crippen molar-refractivity contribution in [1.82, 2.24) is 0 Å². The minimum absolute atomic E-state index is 0.0440. The monoisotopic (exact) mass is 221 g/mol. The molecule has 3 heteroatoms. The van der Waals surface area contributed by atoms with Gasteiger partial charge < -0.3 is 10.5 Å². The second kappa shape index (κ2) is 6.16. The molecule has 3 nitrogen and oxygen atoms in total. The van der Waals surface area contributed by atoms with E-state index in [-0.39, 0.29) is 11.9 Å². The molecule has 0 bridgehead atoms. The van der Waals surface area contributed by atoms with Crippen molar-refractivity contribution in [1.29, 1.82) is 0 Å². The van der Waals surface area contributed by atoms with Crippen molar-refractivity contribution < 1.29 is 9.53 Å². The van der Waals surface area contributed by atoms with Crippen LogP contribution < -0.4 is 5.73 Å². The summed E-state index contributed by atoms with van der Waals surface area (Å²) in [6.45, 7) is 4.17. The number of hydrogen-bond donors (Lipinski definition) is 1. The van der Waals surface area contributed by atoms with Gasteiger partial charge in [-0.05, 0) is 37.5 Å². The van der Waals surface area contributed by atoms with E-state index in [0.717, 1.165) is 18.5 Å². The lowest BCUT2D eigenvalue weighted by Crippen LogP contribution is -2.15. The van der Waals surface area contributed by atoms with Crippen LogP contribution in [0.2, 0.25) is 0 Å². The average Bonchev–Trinajstić information content (AvgIpc) is 2.28. The van der Waals surface area contributed by atoms with E-state index >= 15 is 0 Å². The van der Waals surface area contributed by atoms with Crippen LogP contribution in [-0.4, -0.2) is 12.6 Å². The first kappa shape index (κ1) is 12.6. The van der Waals surface area contributed by atoms with Crippen molar-refractivity contribution in [3.05, 3.63) is 29.8 Å². The molecule has 16 heavy (non-hydrogen) atoms. The fourth-order valence-electron chi connectivity index (χ4n) is 1.47. The zero-order chi connectivity index (χ0) is 12.0. The SMILES string of the molecule is CCOC(=O)C(C)CCc1ccc(N)cc1. The highest BCUT2D eigenvalue weighted by molar-refractivity contribution is 5.71. The predicted molar refractivity (Wildman–Crippen MR) is 65.0 cm³/mol. The lowest BCUT2D eigenvalue weighted by atomic mass is 10.0. The summed E-state index contributed by atoms with van der Waals surface area (Å²) in [5.41, 5.74) is 7.56. The standard InChI is InChI=1S/C13H19NO2/c1-3-16-13(15)10(2)4-5-11-6-8-12(14)9-7-11/h6-10H,3-5,14H2,1-2H3. The topological polar surface area (TPSA) is 52.3 Å². The molecule has 0 aliphatic rings. The normalized spacial score (nSPS) is 12.1. The molecule has 0 heterocycles. The highest BCUT2D eigenvalue weighted by atomic mass is 16.5. The van der Waals surface area contributed by atoms with Crippen molar-refractivity contribution in [2.24, 2.45) is 5.92 Å². The van der Waals surface area contributed by atoms with Crippen LogP contribution in [0.3, 0.4) is 0 Å². The zero-order valence-electron chi connectivity index (χ0n) is 9.90. The molecule has 0 aromatic heterocycles. The number of carbonyl (C=O) groups is 1. The van der Waals surface area contributed by atoms with E-state index in [9.17, 15) is 4.79 Å². The molecule has 1 atom stereocenters. The summed E-state index contributed by atoms with van der Waals surface area (Å²) < 4.78 is 4.95. The zero-order valence-corrected chi connectivity index (χ0v) is 9.90. The van der Waals surface area contributed by atoms with Gasteiger partial charge in [-0.1, -0.05) is 19.1 Å². The van der Waals surface area contributed by atoms with Crippen LogP contribution in [-0.2, 0) is 16.0 Å². The van der Waals surface area contributed by atoms with Gasteiger partial charge in [0, 0.05) is 5.69 Å². The molecule has 0 radical (unpaired) electrons. The number of hydrogen-bond acceptors (Lipinski definition) is 3. The second-order valence-corrected chi connectivity index (χ2v) is 3.93. The third kappa shape index (κ3) is 3.93. The molecule has 1 rings (SSSR count). The molecule has 88 valence electrons. The molecule has 0 amide bonds. The molecule has 1 aromatic rings. The Morgan fingerprint density at radius 1 is 1.38 bits per heavy atom. The summed E-state index contributed by atoms with van der Waals surface area (Å²) in [6, 6.07) is 7.75. The number of carbonyl (C=O) groups excluding carboxylic acids is 1. The van der Waals surface area contributed by atoms with Crippen molar-refractivity contribution in [3.63, 3.8) is 0 Å². The Morgan fingerprint density at radius 2 is 2.00 bits per heavy atom. The smallest absolute Gasteiger partial charge is 0.308 e. The predicted octanol–water partition coefficient (Wildman–Crippen LogP) is 2.40. The van der Waals surface area contributed by atoms with Crippen LogP contribution in [0, 0.1) is 5.92 Å². The molecule has 1 aromatic carbocycles. The van der Waals surface area contributed by atoms with Crippen LogP contribution in [0.4, 0.5) is 5.69 Å². The van der Waals surface area contributed by atoms with Gasteiger partial charge in [-0.25, -0.2) is 0 Å². The van der Waals surface area contributed by atoms with Gasteiger partial charge in [-0.15, -0.1) is 0 Å². The Morgan fingerprint density at radius 3 is 2.56 bits per heavy atom. The summed E-state index contributed by atoms with van der Waals surface area (Å²) in [5.74, 6) is -0.157. The molecule has 0 fully saturated rings. The highest BCUT2D eigenvalue weighted by Crippen LogP contribution is 2.12. The Balaban J connectivity index is 2.39. The van der Waals surface area contributed by atoms with E-state index in [4.69, 9.17) is 10.5 Å². The maximum atomic E-state index is 11.4. The number of anilines is 1. The van der Waals surface area contributed by atoms with Crippen molar-refractivity contribution >= 4 is 11.7 Å². The van der Waals surface area contributed by atoms with Gasteiger partial charge in [0.1, 0.15) is 0 Å². The lowest BCUT2D eigenvalue weighted by molar-refractivity contribution is -0.147. The van der Waals surface area contributed by atoms with Gasteiger partial charge in [0.25, 0.3) is 0 Å². The van der Waals surface area contributed by atoms with E-state index in [1.807, 2.05) is 38.1 Å². The van der Waals surface area contributed by atoms with Crippen LogP contribution in [0.15, 0.2) is 24.3 Å². The molecule has 0 saturated carbocycles. The Bertz CT molecular complexity index is 332. The average molecular weight is 221 g/mol. The van der Waals surface area contributed by atoms with Gasteiger partial charge in [-0.2, -0.15) is 0 Å². The molecular formula is C13H19NO2. The first-order valence-corrected chi connectivity index (χ1v) is 5.64.